The number of phenolic OH excluding ortho intramolecular Hbond substituents is 2. The van der Waals surface area contributed by atoms with Crippen LogP contribution in [-0.4, -0.2) is 57.9 Å². The van der Waals surface area contributed by atoms with Crippen molar-refractivity contribution in [3.8, 4) is 11.5 Å². The summed E-state index contributed by atoms with van der Waals surface area (Å²) in [5, 5.41) is 42.7. The SMILES string of the molecule is Cl.O=[N+]([O-])c1cc([C@H](CO)N2CCNCC2)cc(O)c1O. The van der Waals surface area contributed by atoms with Crippen LogP contribution in [0.25, 0.3) is 0 Å². The second kappa shape index (κ2) is 7.41. The van der Waals surface area contributed by atoms with Crippen molar-refractivity contribution >= 4 is 18.1 Å². The Kier molecular flexibility index (Phi) is 6.16. The number of nitro groups is 1. The fourth-order valence-corrected chi connectivity index (χ4v) is 2.38. The summed E-state index contributed by atoms with van der Waals surface area (Å²) >= 11 is 0. The van der Waals surface area contributed by atoms with Gasteiger partial charge in [0.25, 0.3) is 0 Å². The molecule has 1 saturated heterocycles. The number of aromatic hydroxyl groups is 2. The van der Waals surface area contributed by atoms with Crippen LogP contribution >= 0.6 is 12.4 Å². The highest BCUT2D eigenvalue weighted by atomic mass is 35.5. The number of halogens is 1. The zero-order valence-electron chi connectivity index (χ0n) is 11.2. The van der Waals surface area contributed by atoms with Gasteiger partial charge in [-0.3, -0.25) is 15.0 Å². The smallest absolute Gasteiger partial charge is 0.314 e. The van der Waals surface area contributed by atoms with Crippen LogP contribution < -0.4 is 5.32 Å². The zero-order valence-corrected chi connectivity index (χ0v) is 12.0. The third-order valence-electron chi connectivity index (χ3n) is 3.44. The van der Waals surface area contributed by atoms with Crippen molar-refractivity contribution < 1.29 is 20.2 Å². The molecule has 118 valence electrons. The normalized spacial score (nSPS) is 17.0. The molecule has 0 aromatic heterocycles. The average Bonchev–Trinajstić information content (AvgIpc) is 2.44. The molecule has 1 atom stereocenters. The van der Waals surface area contributed by atoms with Crippen molar-refractivity contribution in [2.45, 2.75) is 6.04 Å². The molecule has 4 N–H and O–H groups in total. The first kappa shape index (κ1) is 17.4. The van der Waals surface area contributed by atoms with Gasteiger partial charge in [0, 0.05) is 32.2 Å². The Morgan fingerprint density at radius 3 is 2.48 bits per heavy atom. The van der Waals surface area contributed by atoms with Gasteiger partial charge in [-0.1, -0.05) is 0 Å². The Morgan fingerprint density at radius 2 is 1.95 bits per heavy atom. The van der Waals surface area contributed by atoms with E-state index >= 15 is 0 Å². The molecule has 8 nitrogen and oxygen atoms in total. The molecule has 0 aliphatic carbocycles. The van der Waals surface area contributed by atoms with E-state index in [1.54, 1.807) is 0 Å². The summed E-state index contributed by atoms with van der Waals surface area (Å²) in [5.74, 6) is -1.31. The van der Waals surface area contributed by atoms with Crippen molar-refractivity contribution in [1.82, 2.24) is 10.2 Å². The van der Waals surface area contributed by atoms with Crippen molar-refractivity contribution in [2.75, 3.05) is 32.8 Å². The number of aliphatic hydroxyl groups excluding tert-OH is 1. The monoisotopic (exact) mass is 319 g/mol. The Hall–Kier alpha value is -1.61. The van der Waals surface area contributed by atoms with Gasteiger partial charge in [-0.25, -0.2) is 0 Å². The molecule has 1 aromatic carbocycles. The number of nitrogens with zero attached hydrogens (tertiary/aromatic N) is 2. The quantitative estimate of drug-likeness (QED) is 0.359. The van der Waals surface area contributed by atoms with Crippen LogP contribution in [0.4, 0.5) is 5.69 Å². The van der Waals surface area contributed by atoms with Crippen LogP contribution in [0, 0.1) is 10.1 Å². The molecular formula is C12H18ClN3O5. The molecule has 1 aromatic rings. The number of phenols is 2. The van der Waals surface area contributed by atoms with E-state index in [-0.39, 0.29) is 19.0 Å². The van der Waals surface area contributed by atoms with Gasteiger partial charge < -0.3 is 20.6 Å². The van der Waals surface area contributed by atoms with E-state index in [1.807, 2.05) is 4.90 Å². The highest BCUT2D eigenvalue weighted by Gasteiger charge is 2.26. The van der Waals surface area contributed by atoms with Crippen LogP contribution in [0.15, 0.2) is 12.1 Å². The number of rotatable bonds is 4. The number of nitrogens with one attached hydrogen (secondary N) is 1. The van der Waals surface area contributed by atoms with E-state index in [2.05, 4.69) is 5.32 Å². The van der Waals surface area contributed by atoms with Gasteiger partial charge in [0.15, 0.2) is 5.75 Å². The van der Waals surface area contributed by atoms with Crippen LogP contribution in [0.2, 0.25) is 0 Å². The van der Waals surface area contributed by atoms with Crippen LogP contribution in [0.3, 0.4) is 0 Å². The van der Waals surface area contributed by atoms with E-state index in [0.29, 0.717) is 18.7 Å². The van der Waals surface area contributed by atoms with Crippen LogP contribution in [-0.2, 0) is 0 Å². The molecule has 0 radical (unpaired) electrons. The number of hydrogen-bond donors (Lipinski definition) is 4. The minimum Gasteiger partial charge on any atom is -0.504 e. The summed E-state index contributed by atoms with van der Waals surface area (Å²) in [4.78, 5) is 12.1. The van der Waals surface area contributed by atoms with Gasteiger partial charge >= 0.3 is 5.69 Å². The molecule has 0 bridgehead atoms. The van der Waals surface area contributed by atoms with Gasteiger partial charge in [0.1, 0.15) is 0 Å². The summed E-state index contributed by atoms with van der Waals surface area (Å²) in [7, 11) is 0. The van der Waals surface area contributed by atoms with Crippen LogP contribution in [0.1, 0.15) is 11.6 Å². The molecule has 1 aliphatic rings. The standard InChI is InChI=1S/C12H17N3O5.ClH/c16-7-10(14-3-1-13-2-4-14)8-5-9(15(19)20)12(18)11(17)6-8;/h5-6,10,13,16-18H,1-4,7H2;1H/t10-;/m0./s1. The van der Waals surface area contributed by atoms with E-state index < -0.39 is 28.2 Å². The largest absolute Gasteiger partial charge is 0.504 e. The maximum absolute atomic E-state index is 10.9. The molecule has 2 rings (SSSR count). The lowest BCUT2D eigenvalue weighted by molar-refractivity contribution is -0.386. The Bertz CT molecular complexity index is 508. The minimum absolute atomic E-state index is 0. The van der Waals surface area contributed by atoms with E-state index in [4.69, 9.17) is 0 Å². The van der Waals surface area contributed by atoms with Gasteiger partial charge in [-0.15, -0.1) is 12.4 Å². The molecule has 21 heavy (non-hydrogen) atoms. The molecule has 0 saturated carbocycles. The van der Waals surface area contributed by atoms with Crippen molar-refractivity contribution in [2.24, 2.45) is 0 Å². The fraction of sp³-hybridized carbons (Fsp3) is 0.500. The summed E-state index contributed by atoms with van der Waals surface area (Å²) in [6.07, 6.45) is 0. The van der Waals surface area contributed by atoms with Crippen molar-refractivity contribution in [1.29, 1.82) is 0 Å². The van der Waals surface area contributed by atoms with Gasteiger partial charge in [-0.05, 0) is 11.6 Å². The number of aliphatic hydroxyl groups is 1. The number of piperazine rings is 1. The highest BCUT2D eigenvalue weighted by Crippen LogP contribution is 2.38. The predicted octanol–water partition coefficient (Wildman–Crippen LogP) is 0.366. The lowest BCUT2D eigenvalue weighted by Gasteiger charge is -2.34. The predicted molar refractivity (Wildman–Crippen MR) is 77.9 cm³/mol. The van der Waals surface area contributed by atoms with Crippen molar-refractivity contribution in [3.05, 3.63) is 27.8 Å². The Morgan fingerprint density at radius 1 is 1.33 bits per heavy atom. The van der Waals surface area contributed by atoms with Crippen molar-refractivity contribution in [3.63, 3.8) is 0 Å². The Balaban J connectivity index is 0.00000220. The first-order valence-corrected chi connectivity index (χ1v) is 6.30. The molecule has 0 unspecified atom stereocenters. The lowest BCUT2D eigenvalue weighted by Crippen LogP contribution is -2.46. The summed E-state index contributed by atoms with van der Waals surface area (Å²) in [6.45, 7) is 2.70. The zero-order chi connectivity index (χ0) is 14.7. The number of nitro benzene ring substituents is 1. The fourth-order valence-electron chi connectivity index (χ4n) is 2.38. The molecule has 0 spiro atoms. The molecule has 1 fully saturated rings. The molecule has 9 heteroatoms. The summed E-state index contributed by atoms with van der Waals surface area (Å²) in [5.41, 5.74) is -0.148. The first-order valence-electron chi connectivity index (χ1n) is 6.30. The van der Waals surface area contributed by atoms with Crippen LogP contribution in [0.5, 0.6) is 11.5 Å². The topological polar surface area (TPSA) is 119 Å². The summed E-state index contributed by atoms with van der Waals surface area (Å²) < 4.78 is 0. The molecule has 0 amide bonds. The Labute approximate surface area is 127 Å². The summed E-state index contributed by atoms with van der Waals surface area (Å²) in [6, 6.07) is 2.01. The third kappa shape index (κ3) is 3.73. The average molecular weight is 320 g/mol. The number of benzene rings is 1. The molecule has 1 heterocycles. The highest BCUT2D eigenvalue weighted by molar-refractivity contribution is 5.85. The number of hydrogen-bond acceptors (Lipinski definition) is 7. The van der Waals surface area contributed by atoms with E-state index in [1.165, 1.54) is 12.1 Å². The third-order valence-corrected chi connectivity index (χ3v) is 3.44. The van der Waals surface area contributed by atoms with Gasteiger partial charge in [0.2, 0.25) is 5.75 Å². The first-order chi connectivity index (χ1) is 9.54. The molecule has 1 aliphatic heterocycles. The minimum atomic E-state index is -0.759. The lowest BCUT2D eigenvalue weighted by atomic mass is 10.0. The van der Waals surface area contributed by atoms with Gasteiger partial charge in [0.05, 0.1) is 17.6 Å². The maximum Gasteiger partial charge on any atom is 0.314 e. The van der Waals surface area contributed by atoms with E-state index in [0.717, 1.165) is 13.1 Å². The van der Waals surface area contributed by atoms with Gasteiger partial charge in [-0.2, -0.15) is 0 Å². The van der Waals surface area contributed by atoms with E-state index in [9.17, 15) is 25.4 Å². The maximum atomic E-state index is 10.9. The second-order valence-corrected chi connectivity index (χ2v) is 4.65. The second-order valence-electron chi connectivity index (χ2n) is 4.65. The molecular weight excluding hydrogens is 302 g/mol.